The van der Waals surface area contributed by atoms with E-state index in [1.807, 2.05) is 97.1 Å². The molecular weight excluding hydrogens is 512 g/mol. The first-order valence-electron chi connectivity index (χ1n) is 11.1. The first-order chi connectivity index (χ1) is 17.1. The normalized spacial score (nSPS) is 16.4. The van der Waals surface area contributed by atoms with E-state index in [9.17, 15) is 9.59 Å². The Hall–Kier alpha value is -3.78. The van der Waals surface area contributed by atoms with Gasteiger partial charge >= 0.3 is 12.2 Å². The number of hydrogen-bond acceptors (Lipinski definition) is 5. The molecule has 35 heavy (non-hydrogen) atoms. The lowest BCUT2D eigenvalue weighted by molar-refractivity contribution is 0.0504. The Balaban J connectivity index is 1.39. The molecule has 0 aliphatic heterocycles. The van der Waals surface area contributed by atoms with Gasteiger partial charge in [0.25, 0.3) is 0 Å². The third kappa shape index (κ3) is 7.35. The number of hydrazine groups is 1. The maximum absolute atomic E-state index is 13.0. The third-order valence-corrected chi connectivity index (χ3v) is 5.76. The Morgan fingerprint density at radius 3 is 2.17 bits per heavy atom. The van der Waals surface area contributed by atoms with Crippen LogP contribution in [0.2, 0.25) is 0 Å². The molecule has 8 heteroatoms. The van der Waals surface area contributed by atoms with Crippen LogP contribution in [0, 0.1) is 0 Å². The van der Waals surface area contributed by atoms with E-state index in [-0.39, 0.29) is 19.3 Å². The fourth-order valence-electron chi connectivity index (χ4n) is 3.55. The first-order valence-corrected chi connectivity index (χ1v) is 11.9. The molecular formula is C27H25BrN2O5. The molecule has 0 aromatic heterocycles. The quantitative estimate of drug-likeness (QED) is 0.295. The summed E-state index contributed by atoms with van der Waals surface area (Å²) in [7, 11) is 0. The molecule has 1 aliphatic carbocycles. The number of hydrogen-bond donors (Lipinski definition) is 1. The van der Waals surface area contributed by atoms with E-state index in [0.29, 0.717) is 12.2 Å². The molecule has 4 rings (SSSR count). The molecule has 0 saturated heterocycles. The van der Waals surface area contributed by atoms with Crippen LogP contribution < -0.4 is 10.2 Å². The van der Waals surface area contributed by atoms with Crippen molar-refractivity contribution in [2.24, 2.45) is 0 Å². The number of carbonyl (C=O) groups is 2. The number of nitrogens with zero attached hydrogens (tertiary/aromatic N) is 1. The fraction of sp³-hybridized carbons (Fsp3) is 0.185. The molecule has 0 spiro atoms. The van der Waals surface area contributed by atoms with Crippen LogP contribution in [-0.4, -0.2) is 29.3 Å². The molecule has 1 N–H and O–H groups in total. The molecule has 1 aliphatic rings. The molecule has 0 bridgehead atoms. The van der Waals surface area contributed by atoms with Crippen molar-refractivity contribution < 1.29 is 23.8 Å². The number of carbonyl (C=O) groups excluding carboxylic acids is 2. The van der Waals surface area contributed by atoms with Crippen LogP contribution in [0.1, 0.15) is 17.5 Å². The zero-order valence-electron chi connectivity index (χ0n) is 18.9. The van der Waals surface area contributed by atoms with E-state index in [4.69, 9.17) is 14.2 Å². The van der Waals surface area contributed by atoms with Crippen molar-refractivity contribution in [2.75, 3.05) is 0 Å². The van der Waals surface area contributed by atoms with Gasteiger partial charge in [-0.15, -0.1) is 0 Å². The summed E-state index contributed by atoms with van der Waals surface area (Å²) >= 11 is 3.43. The molecule has 0 heterocycles. The first kappa shape index (κ1) is 24.3. The largest absolute Gasteiger partial charge is 0.486 e. The van der Waals surface area contributed by atoms with Crippen LogP contribution in [0.15, 0.2) is 102 Å². The number of amides is 2. The van der Waals surface area contributed by atoms with Crippen LogP contribution in [0.3, 0.4) is 0 Å². The van der Waals surface area contributed by atoms with E-state index in [2.05, 4.69) is 21.4 Å². The summed E-state index contributed by atoms with van der Waals surface area (Å²) in [6.45, 7) is 0.153. The predicted molar refractivity (Wildman–Crippen MR) is 134 cm³/mol. The molecule has 0 radical (unpaired) electrons. The van der Waals surface area contributed by atoms with Crippen LogP contribution in [0.4, 0.5) is 9.59 Å². The average molecular weight is 537 g/mol. The van der Waals surface area contributed by atoms with Gasteiger partial charge in [0.15, 0.2) is 0 Å². The standard InChI is InChI=1S/C27H25BrN2O5/c28-22-12-7-13-24(16-22)35-25-15-14-23(17-25)30(27(32)34-19-21-10-5-2-6-11-21)29-26(31)33-18-20-8-3-1-4-9-20/h1-16,23,25H,17-19H2,(H,29,31). The molecule has 2 unspecified atom stereocenters. The lowest BCUT2D eigenvalue weighted by Gasteiger charge is -2.27. The van der Waals surface area contributed by atoms with E-state index >= 15 is 0 Å². The highest BCUT2D eigenvalue weighted by Gasteiger charge is 2.32. The second-order valence-electron chi connectivity index (χ2n) is 7.89. The molecule has 0 fully saturated rings. The van der Waals surface area contributed by atoms with Crippen molar-refractivity contribution in [3.8, 4) is 5.75 Å². The van der Waals surface area contributed by atoms with E-state index in [1.165, 1.54) is 0 Å². The van der Waals surface area contributed by atoms with Gasteiger partial charge in [-0.3, -0.25) is 0 Å². The fourth-order valence-corrected chi connectivity index (χ4v) is 3.93. The van der Waals surface area contributed by atoms with Gasteiger partial charge in [0, 0.05) is 10.9 Å². The van der Waals surface area contributed by atoms with Gasteiger partial charge in [-0.25, -0.2) is 20.0 Å². The SMILES string of the molecule is O=C(NN(C(=O)OCc1ccccc1)C1C=CC(Oc2cccc(Br)c2)C1)OCc1ccccc1. The van der Waals surface area contributed by atoms with Gasteiger partial charge < -0.3 is 14.2 Å². The summed E-state index contributed by atoms with van der Waals surface area (Å²) in [5.41, 5.74) is 4.22. The Morgan fingerprint density at radius 1 is 0.857 bits per heavy atom. The van der Waals surface area contributed by atoms with Crippen molar-refractivity contribution in [1.29, 1.82) is 0 Å². The van der Waals surface area contributed by atoms with Gasteiger partial charge in [0.1, 0.15) is 25.1 Å². The minimum absolute atomic E-state index is 0.0747. The molecule has 0 saturated carbocycles. The second-order valence-corrected chi connectivity index (χ2v) is 8.80. The summed E-state index contributed by atoms with van der Waals surface area (Å²) in [5.74, 6) is 0.697. The maximum atomic E-state index is 13.0. The molecule has 3 aromatic carbocycles. The highest BCUT2D eigenvalue weighted by molar-refractivity contribution is 9.10. The summed E-state index contributed by atoms with van der Waals surface area (Å²) in [6.07, 6.45) is 2.38. The van der Waals surface area contributed by atoms with Crippen molar-refractivity contribution in [2.45, 2.75) is 31.8 Å². The minimum Gasteiger partial charge on any atom is -0.486 e. The lowest BCUT2D eigenvalue weighted by atomic mass is 10.2. The minimum atomic E-state index is -0.754. The molecule has 2 amide bonds. The number of rotatable bonds is 7. The Kier molecular flexibility index (Phi) is 8.40. The summed E-state index contributed by atoms with van der Waals surface area (Å²) in [6, 6.07) is 25.7. The Labute approximate surface area is 212 Å². The summed E-state index contributed by atoms with van der Waals surface area (Å²) in [5, 5.41) is 1.15. The van der Waals surface area contributed by atoms with Crippen LogP contribution >= 0.6 is 15.9 Å². The average Bonchev–Trinajstić information content (AvgIpc) is 3.34. The molecule has 7 nitrogen and oxygen atoms in total. The summed E-state index contributed by atoms with van der Waals surface area (Å²) in [4.78, 5) is 25.5. The number of benzene rings is 3. The van der Waals surface area contributed by atoms with E-state index in [1.54, 1.807) is 0 Å². The smallest absolute Gasteiger partial charge is 0.429 e. The topological polar surface area (TPSA) is 77.1 Å². The van der Waals surface area contributed by atoms with Crippen molar-refractivity contribution >= 4 is 28.1 Å². The monoisotopic (exact) mass is 536 g/mol. The zero-order valence-corrected chi connectivity index (χ0v) is 20.5. The van der Waals surface area contributed by atoms with Gasteiger partial charge in [-0.1, -0.05) is 88.7 Å². The highest BCUT2D eigenvalue weighted by Crippen LogP contribution is 2.25. The lowest BCUT2D eigenvalue weighted by Crippen LogP contribution is -2.51. The van der Waals surface area contributed by atoms with E-state index in [0.717, 1.165) is 20.6 Å². The highest BCUT2D eigenvalue weighted by atomic mass is 79.9. The van der Waals surface area contributed by atoms with Crippen molar-refractivity contribution in [3.63, 3.8) is 0 Å². The van der Waals surface area contributed by atoms with Crippen LogP contribution in [-0.2, 0) is 22.7 Å². The van der Waals surface area contributed by atoms with Crippen LogP contribution in [0.5, 0.6) is 5.75 Å². The number of nitrogens with one attached hydrogen (secondary N) is 1. The Morgan fingerprint density at radius 2 is 1.51 bits per heavy atom. The van der Waals surface area contributed by atoms with Crippen LogP contribution in [0.25, 0.3) is 0 Å². The molecule has 3 aromatic rings. The maximum Gasteiger partial charge on any atom is 0.429 e. The van der Waals surface area contributed by atoms with Gasteiger partial charge in [0.05, 0.1) is 6.04 Å². The third-order valence-electron chi connectivity index (χ3n) is 5.26. The van der Waals surface area contributed by atoms with Crippen molar-refractivity contribution in [1.82, 2.24) is 10.4 Å². The summed E-state index contributed by atoms with van der Waals surface area (Å²) < 4.78 is 17.7. The van der Waals surface area contributed by atoms with E-state index < -0.39 is 18.2 Å². The zero-order chi connectivity index (χ0) is 24.5. The van der Waals surface area contributed by atoms with Crippen molar-refractivity contribution in [3.05, 3.63) is 113 Å². The predicted octanol–water partition coefficient (Wildman–Crippen LogP) is 6.01. The molecule has 2 atom stereocenters. The Bertz CT molecular complexity index is 1160. The second kappa shape index (κ2) is 12.1. The van der Waals surface area contributed by atoms with Gasteiger partial charge in [0.2, 0.25) is 0 Å². The number of ether oxygens (including phenoxy) is 3. The molecule has 180 valence electrons. The van der Waals surface area contributed by atoms with Gasteiger partial charge in [-0.05, 0) is 35.4 Å². The number of halogens is 1. The van der Waals surface area contributed by atoms with Gasteiger partial charge in [-0.2, -0.15) is 0 Å².